The predicted molar refractivity (Wildman–Crippen MR) is 258 cm³/mol. The van der Waals surface area contributed by atoms with E-state index in [1.165, 1.54) is 16.2 Å². The average molecular weight is 792 g/mol. The number of fused-ring (bicyclic) bond motifs is 8. The third kappa shape index (κ3) is 6.08. The molecular weight excluding hydrogens is 755 g/mol. The van der Waals surface area contributed by atoms with Gasteiger partial charge < -0.3 is 9.32 Å². The standard InChI is InChI=1S/C58H37N3O/c1-4-16-39(17-5-1)52-35-42(36-53(59-52)40-18-6-2-7-19-40)47-24-14-25-49-56-46-22-11-10-15-38(46)29-33-50(56)57(60-58(47)49)41-27-30-44(31-28-41)61(43-20-8-3-9-21-43)45-32-34-55-51(37-45)48-23-12-13-26-54(48)62-55/h1-37H. The number of hydrogen-bond acceptors (Lipinski definition) is 4. The van der Waals surface area contributed by atoms with Gasteiger partial charge in [-0.15, -0.1) is 0 Å². The molecule has 0 bridgehead atoms. The molecule has 0 spiro atoms. The van der Waals surface area contributed by atoms with Crippen molar-refractivity contribution < 1.29 is 4.42 Å². The first-order chi connectivity index (χ1) is 30.7. The van der Waals surface area contributed by atoms with Crippen LogP contribution in [0, 0.1) is 0 Å². The lowest BCUT2D eigenvalue weighted by molar-refractivity contribution is 0.669. The molecule has 290 valence electrons. The Hall–Kier alpha value is -8.34. The summed E-state index contributed by atoms with van der Waals surface area (Å²) in [6, 6.07) is 79.1. The van der Waals surface area contributed by atoms with E-state index in [0.29, 0.717) is 0 Å². The Morgan fingerprint density at radius 3 is 1.68 bits per heavy atom. The molecule has 62 heavy (non-hydrogen) atoms. The van der Waals surface area contributed by atoms with Crippen LogP contribution in [-0.2, 0) is 0 Å². The van der Waals surface area contributed by atoms with Crippen LogP contribution in [-0.4, -0.2) is 9.97 Å². The zero-order valence-electron chi connectivity index (χ0n) is 33.6. The zero-order chi connectivity index (χ0) is 41.0. The van der Waals surface area contributed by atoms with Crippen molar-refractivity contribution in [1.29, 1.82) is 0 Å². The maximum Gasteiger partial charge on any atom is 0.135 e. The van der Waals surface area contributed by atoms with Gasteiger partial charge in [0.05, 0.1) is 22.6 Å². The molecule has 0 aliphatic carbocycles. The summed E-state index contributed by atoms with van der Waals surface area (Å²) >= 11 is 0. The molecule has 0 aliphatic rings. The number of nitrogens with zero attached hydrogens (tertiary/aromatic N) is 3. The van der Waals surface area contributed by atoms with Crippen molar-refractivity contribution in [3.63, 3.8) is 0 Å². The van der Waals surface area contributed by atoms with Gasteiger partial charge in [0.15, 0.2) is 0 Å². The summed E-state index contributed by atoms with van der Waals surface area (Å²) in [6.07, 6.45) is 0. The van der Waals surface area contributed by atoms with Gasteiger partial charge in [-0.1, -0.05) is 164 Å². The summed E-state index contributed by atoms with van der Waals surface area (Å²) in [4.78, 5) is 13.2. The number of pyridine rings is 2. The molecule has 3 aromatic heterocycles. The molecule has 12 rings (SSSR count). The number of hydrogen-bond donors (Lipinski definition) is 0. The van der Waals surface area contributed by atoms with Crippen molar-refractivity contribution in [3.8, 4) is 44.9 Å². The van der Waals surface area contributed by atoms with Gasteiger partial charge in [-0.2, -0.15) is 0 Å². The second kappa shape index (κ2) is 14.7. The van der Waals surface area contributed by atoms with Crippen LogP contribution in [0.15, 0.2) is 229 Å². The van der Waals surface area contributed by atoms with Crippen LogP contribution in [0.1, 0.15) is 0 Å². The van der Waals surface area contributed by atoms with Crippen molar-refractivity contribution in [2.75, 3.05) is 4.90 Å². The molecule has 0 aliphatic heterocycles. The quantitative estimate of drug-likeness (QED) is 0.151. The number of anilines is 3. The minimum atomic E-state index is 0.874. The topological polar surface area (TPSA) is 42.2 Å². The van der Waals surface area contributed by atoms with Crippen molar-refractivity contribution in [2.45, 2.75) is 0 Å². The smallest absolute Gasteiger partial charge is 0.135 e. The average Bonchev–Trinajstić information content (AvgIpc) is 3.72. The highest BCUT2D eigenvalue weighted by atomic mass is 16.3. The third-order valence-electron chi connectivity index (χ3n) is 12.0. The monoisotopic (exact) mass is 791 g/mol. The first kappa shape index (κ1) is 35.6. The van der Waals surface area contributed by atoms with Crippen LogP contribution in [0.5, 0.6) is 0 Å². The largest absolute Gasteiger partial charge is 0.456 e. The summed E-state index contributed by atoms with van der Waals surface area (Å²) < 4.78 is 6.22. The molecule has 0 radical (unpaired) electrons. The highest BCUT2D eigenvalue weighted by Gasteiger charge is 2.20. The fraction of sp³-hybridized carbons (Fsp3) is 0. The predicted octanol–water partition coefficient (Wildman–Crippen LogP) is 16.0. The molecule has 3 heterocycles. The Kier molecular flexibility index (Phi) is 8.46. The molecule has 12 aromatic rings. The van der Waals surface area contributed by atoms with Crippen LogP contribution < -0.4 is 4.90 Å². The second-order valence-corrected chi connectivity index (χ2v) is 15.7. The Morgan fingerprint density at radius 2 is 0.935 bits per heavy atom. The summed E-state index contributed by atoms with van der Waals surface area (Å²) in [7, 11) is 0. The molecular formula is C58H37N3O. The van der Waals surface area contributed by atoms with E-state index in [4.69, 9.17) is 14.4 Å². The van der Waals surface area contributed by atoms with Crippen LogP contribution >= 0.6 is 0 Å². The summed E-state index contributed by atoms with van der Waals surface area (Å²) in [5, 5.41) is 8.02. The van der Waals surface area contributed by atoms with Crippen molar-refractivity contribution in [2.24, 2.45) is 0 Å². The van der Waals surface area contributed by atoms with Crippen LogP contribution in [0.2, 0.25) is 0 Å². The molecule has 4 heteroatoms. The second-order valence-electron chi connectivity index (χ2n) is 15.7. The first-order valence-corrected chi connectivity index (χ1v) is 21.0. The van der Waals surface area contributed by atoms with E-state index in [9.17, 15) is 0 Å². The maximum absolute atomic E-state index is 6.22. The summed E-state index contributed by atoms with van der Waals surface area (Å²) in [5.41, 5.74) is 14.0. The van der Waals surface area contributed by atoms with Gasteiger partial charge in [0.2, 0.25) is 0 Å². The van der Waals surface area contributed by atoms with Crippen molar-refractivity contribution in [1.82, 2.24) is 9.97 Å². The van der Waals surface area contributed by atoms with E-state index in [2.05, 4.69) is 205 Å². The van der Waals surface area contributed by atoms with E-state index in [0.717, 1.165) is 100 Å². The molecule has 4 nitrogen and oxygen atoms in total. The van der Waals surface area contributed by atoms with Gasteiger partial charge in [0, 0.05) is 66.2 Å². The van der Waals surface area contributed by atoms with Crippen LogP contribution in [0.3, 0.4) is 0 Å². The maximum atomic E-state index is 6.22. The number of benzene rings is 9. The molecule has 0 saturated carbocycles. The van der Waals surface area contributed by atoms with E-state index < -0.39 is 0 Å². The first-order valence-electron chi connectivity index (χ1n) is 21.0. The summed E-state index contributed by atoms with van der Waals surface area (Å²) in [6.45, 7) is 0. The van der Waals surface area contributed by atoms with Gasteiger partial charge >= 0.3 is 0 Å². The molecule has 0 fully saturated rings. The van der Waals surface area contributed by atoms with Crippen LogP contribution in [0.25, 0.3) is 99.3 Å². The zero-order valence-corrected chi connectivity index (χ0v) is 33.6. The Labute approximate surface area is 358 Å². The number of furan rings is 1. The summed E-state index contributed by atoms with van der Waals surface area (Å²) in [5.74, 6) is 0. The highest BCUT2D eigenvalue weighted by Crippen LogP contribution is 2.43. The minimum absolute atomic E-state index is 0.874. The lowest BCUT2D eigenvalue weighted by Crippen LogP contribution is -2.09. The van der Waals surface area contributed by atoms with Gasteiger partial charge in [0.1, 0.15) is 11.2 Å². The molecule has 0 atom stereocenters. The molecule has 0 N–H and O–H groups in total. The van der Waals surface area contributed by atoms with E-state index in [-0.39, 0.29) is 0 Å². The third-order valence-corrected chi connectivity index (χ3v) is 12.0. The van der Waals surface area contributed by atoms with Gasteiger partial charge in [-0.05, 0) is 77.0 Å². The SMILES string of the molecule is c1ccc(-c2cc(-c3cccc4c3nc(-c3ccc(N(c5ccccc5)c5ccc6oc7ccccc7c6c5)cc3)c3ccc5ccccc5c34)cc(-c3ccccc3)n2)cc1. The number of aromatic nitrogens is 2. The Bertz CT molecular complexity index is 3560. The fourth-order valence-corrected chi connectivity index (χ4v) is 9.10. The van der Waals surface area contributed by atoms with Gasteiger partial charge in [-0.25, -0.2) is 9.97 Å². The van der Waals surface area contributed by atoms with Gasteiger partial charge in [-0.3, -0.25) is 0 Å². The van der Waals surface area contributed by atoms with E-state index in [1.807, 2.05) is 24.3 Å². The normalized spacial score (nSPS) is 11.5. The van der Waals surface area contributed by atoms with E-state index >= 15 is 0 Å². The van der Waals surface area contributed by atoms with E-state index in [1.54, 1.807) is 0 Å². The molecule has 0 unspecified atom stereocenters. The Balaban J connectivity index is 1.06. The minimum Gasteiger partial charge on any atom is -0.456 e. The lowest BCUT2D eigenvalue weighted by atomic mass is 9.92. The lowest BCUT2D eigenvalue weighted by Gasteiger charge is -2.25. The van der Waals surface area contributed by atoms with Crippen molar-refractivity contribution >= 4 is 71.4 Å². The van der Waals surface area contributed by atoms with Crippen LogP contribution in [0.4, 0.5) is 17.1 Å². The number of para-hydroxylation sites is 3. The molecule has 9 aromatic carbocycles. The molecule has 0 saturated heterocycles. The highest BCUT2D eigenvalue weighted by molar-refractivity contribution is 6.24. The molecule has 0 amide bonds. The number of rotatable bonds is 7. The van der Waals surface area contributed by atoms with Crippen molar-refractivity contribution in [3.05, 3.63) is 224 Å². The Morgan fingerprint density at radius 1 is 0.339 bits per heavy atom. The van der Waals surface area contributed by atoms with Gasteiger partial charge in [0.25, 0.3) is 0 Å². The fourth-order valence-electron chi connectivity index (χ4n) is 9.10.